The minimum atomic E-state index is -0.554. The van der Waals surface area contributed by atoms with Gasteiger partial charge in [0.05, 0.1) is 12.2 Å². The topological polar surface area (TPSA) is 47.9 Å². The fraction of sp³-hybridized carbons (Fsp3) is 1.00. The summed E-state index contributed by atoms with van der Waals surface area (Å²) in [5, 5.41) is 9.62. The molecule has 0 spiro atoms. The molecule has 1 fully saturated rings. The van der Waals surface area contributed by atoms with E-state index in [9.17, 15) is 5.11 Å². The first-order valence-corrected chi connectivity index (χ1v) is 4.67. The third-order valence-corrected chi connectivity index (χ3v) is 2.31. The van der Waals surface area contributed by atoms with E-state index in [1.807, 2.05) is 13.8 Å². The summed E-state index contributed by atoms with van der Waals surface area (Å²) >= 11 is 0. The molecule has 4 nitrogen and oxygen atoms in total. The van der Waals surface area contributed by atoms with Gasteiger partial charge in [-0.1, -0.05) is 0 Å². The number of methoxy groups -OCH3 is 1. The molecule has 0 aromatic rings. The largest absolute Gasteiger partial charge is 0.388 e. The highest BCUT2D eigenvalue weighted by Gasteiger charge is 2.35. The van der Waals surface area contributed by atoms with Gasteiger partial charge in [-0.25, -0.2) is 0 Å². The van der Waals surface area contributed by atoms with Gasteiger partial charge in [0.15, 0.2) is 6.29 Å². The van der Waals surface area contributed by atoms with Crippen LogP contribution >= 0.6 is 0 Å². The van der Waals surface area contributed by atoms with Crippen LogP contribution in [-0.2, 0) is 14.2 Å². The summed E-state index contributed by atoms with van der Waals surface area (Å²) in [6, 6.07) is 0. The molecule has 0 saturated carbocycles. The summed E-state index contributed by atoms with van der Waals surface area (Å²) in [6.07, 6.45) is -0.610. The molecule has 1 heterocycles. The van der Waals surface area contributed by atoms with E-state index in [2.05, 4.69) is 0 Å². The second-order valence-electron chi connectivity index (χ2n) is 3.23. The Balaban J connectivity index is 2.47. The minimum absolute atomic E-state index is 0.180. The Morgan fingerprint density at radius 2 is 2.23 bits per heavy atom. The SMILES string of the molecule is CCOC1CC(OC)C(O)C(C)O1. The molecule has 4 atom stereocenters. The molecule has 78 valence electrons. The fourth-order valence-corrected chi connectivity index (χ4v) is 1.54. The van der Waals surface area contributed by atoms with E-state index in [1.54, 1.807) is 7.11 Å². The Kier molecular flexibility index (Phi) is 4.12. The first kappa shape index (κ1) is 10.9. The minimum Gasteiger partial charge on any atom is -0.388 e. The lowest BCUT2D eigenvalue weighted by atomic mass is 10.0. The average Bonchev–Trinajstić information content (AvgIpc) is 2.11. The maximum Gasteiger partial charge on any atom is 0.160 e. The molecule has 0 aliphatic carbocycles. The van der Waals surface area contributed by atoms with Crippen molar-refractivity contribution in [3.05, 3.63) is 0 Å². The van der Waals surface area contributed by atoms with Crippen LogP contribution in [0.15, 0.2) is 0 Å². The lowest BCUT2D eigenvalue weighted by molar-refractivity contribution is -0.248. The van der Waals surface area contributed by atoms with Crippen molar-refractivity contribution >= 4 is 0 Å². The maximum atomic E-state index is 9.62. The normalized spacial score (nSPS) is 40.6. The highest BCUT2D eigenvalue weighted by Crippen LogP contribution is 2.22. The van der Waals surface area contributed by atoms with Crippen molar-refractivity contribution in [3.8, 4) is 0 Å². The quantitative estimate of drug-likeness (QED) is 0.705. The third kappa shape index (κ3) is 2.64. The highest BCUT2D eigenvalue weighted by molar-refractivity contribution is 4.81. The molecule has 1 N–H and O–H groups in total. The molecule has 1 saturated heterocycles. The predicted octanol–water partition coefficient (Wildman–Crippen LogP) is 0.534. The zero-order valence-corrected chi connectivity index (χ0v) is 8.40. The molecule has 0 radical (unpaired) electrons. The zero-order chi connectivity index (χ0) is 9.84. The maximum absolute atomic E-state index is 9.62. The van der Waals surface area contributed by atoms with Gasteiger partial charge in [0.25, 0.3) is 0 Å². The van der Waals surface area contributed by atoms with Crippen LogP contribution in [0.1, 0.15) is 20.3 Å². The number of rotatable bonds is 3. The zero-order valence-electron chi connectivity index (χ0n) is 8.40. The van der Waals surface area contributed by atoms with Crippen LogP contribution in [0.2, 0.25) is 0 Å². The lowest BCUT2D eigenvalue weighted by Gasteiger charge is -2.36. The third-order valence-electron chi connectivity index (χ3n) is 2.31. The van der Waals surface area contributed by atoms with Gasteiger partial charge in [-0.2, -0.15) is 0 Å². The van der Waals surface area contributed by atoms with Crippen molar-refractivity contribution in [1.29, 1.82) is 0 Å². The van der Waals surface area contributed by atoms with Gasteiger partial charge in [-0.3, -0.25) is 0 Å². The van der Waals surface area contributed by atoms with Crippen molar-refractivity contribution in [1.82, 2.24) is 0 Å². The molecule has 4 unspecified atom stereocenters. The summed E-state index contributed by atoms with van der Waals surface area (Å²) in [4.78, 5) is 0. The van der Waals surface area contributed by atoms with Gasteiger partial charge in [0.2, 0.25) is 0 Å². The van der Waals surface area contributed by atoms with E-state index in [0.717, 1.165) is 0 Å². The van der Waals surface area contributed by atoms with E-state index >= 15 is 0 Å². The molecule has 1 rings (SSSR count). The summed E-state index contributed by atoms with van der Waals surface area (Å²) in [6.45, 7) is 4.35. The van der Waals surface area contributed by atoms with Crippen LogP contribution in [0.3, 0.4) is 0 Å². The van der Waals surface area contributed by atoms with Crippen molar-refractivity contribution in [2.24, 2.45) is 0 Å². The monoisotopic (exact) mass is 190 g/mol. The smallest absolute Gasteiger partial charge is 0.160 e. The van der Waals surface area contributed by atoms with Gasteiger partial charge >= 0.3 is 0 Å². The number of aliphatic hydroxyl groups excluding tert-OH is 1. The van der Waals surface area contributed by atoms with Gasteiger partial charge in [0.1, 0.15) is 6.10 Å². The molecule has 0 amide bonds. The van der Waals surface area contributed by atoms with Crippen molar-refractivity contribution in [3.63, 3.8) is 0 Å². The molecule has 1 aliphatic rings. The van der Waals surface area contributed by atoms with Crippen LogP contribution in [-0.4, -0.2) is 43.4 Å². The van der Waals surface area contributed by atoms with E-state index in [0.29, 0.717) is 13.0 Å². The fourth-order valence-electron chi connectivity index (χ4n) is 1.54. The summed E-state index contributed by atoms with van der Waals surface area (Å²) < 4.78 is 15.9. The molecule has 13 heavy (non-hydrogen) atoms. The summed E-state index contributed by atoms with van der Waals surface area (Å²) in [7, 11) is 1.59. The number of hydrogen-bond acceptors (Lipinski definition) is 4. The molecule has 0 aromatic carbocycles. The summed E-state index contributed by atoms with van der Waals surface area (Å²) in [5.74, 6) is 0. The van der Waals surface area contributed by atoms with Crippen LogP contribution < -0.4 is 0 Å². The Hall–Kier alpha value is -0.160. The molecule has 4 heteroatoms. The van der Waals surface area contributed by atoms with Gasteiger partial charge in [-0.05, 0) is 13.8 Å². The predicted molar refractivity (Wildman–Crippen MR) is 47.4 cm³/mol. The van der Waals surface area contributed by atoms with E-state index in [1.165, 1.54) is 0 Å². The number of aliphatic hydroxyl groups is 1. The lowest BCUT2D eigenvalue weighted by Crippen LogP contribution is -2.48. The molecule has 0 bridgehead atoms. The summed E-state index contributed by atoms with van der Waals surface area (Å²) in [5.41, 5.74) is 0. The second kappa shape index (κ2) is 4.91. The second-order valence-corrected chi connectivity index (χ2v) is 3.23. The Labute approximate surface area is 78.8 Å². The van der Waals surface area contributed by atoms with Gasteiger partial charge < -0.3 is 19.3 Å². The number of hydrogen-bond donors (Lipinski definition) is 1. The van der Waals surface area contributed by atoms with Gasteiger partial charge in [0, 0.05) is 20.1 Å². The van der Waals surface area contributed by atoms with Crippen molar-refractivity contribution in [2.45, 2.75) is 44.9 Å². The van der Waals surface area contributed by atoms with Crippen LogP contribution in [0.4, 0.5) is 0 Å². The highest BCUT2D eigenvalue weighted by atomic mass is 16.7. The van der Waals surface area contributed by atoms with Crippen LogP contribution in [0, 0.1) is 0 Å². The Bertz CT molecular complexity index is 151. The molecular formula is C9H18O4. The van der Waals surface area contributed by atoms with E-state index < -0.39 is 6.10 Å². The van der Waals surface area contributed by atoms with Crippen molar-refractivity contribution in [2.75, 3.05) is 13.7 Å². The first-order chi connectivity index (χ1) is 6.19. The van der Waals surface area contributed by atoms with E-state index in [4.69, 9.17) is 14.2 Å². The van der Waals surface area contributed by atoms with Crippen LogP contribution in [0.5, 0.6) is 0 Å². The Morgan fingerprint density at radius 3 is 2.77 bits per heavy atom. The van der Waals surface area contributed by atoms with Gasteiger partial charge in [-0.15, -0.1) is 0 Å². The molecular weight excluding hydrogens is 172 g/mol. The molecule has 1 aliphatic heterocycles. The molecule has 0 aromatic heterocycles. The van der Waals surface area contributed by atoms with E-state index in [-0.39, 0.29) is 18.5 Å². The first-order valence-electron chi connectivity index (χ1n) is 4.67. The number of ether oxygens (including phenoxy) is 3. The average molecular weight is 190 g/mol. The standard InChI is InChI=1S/C9H18O4/c1-4-12-8-5-7(11-3)9(10)6(2)13-8/h6-10H,4-5H2,1-3H3. The van der Waals surface area contributed by atoms with Crippen molar-refractivity contribution < 1.29 is 19.3 Å². The van der Waals surface area contributed by atoms with Crippen LogP contribution in [0.25, 0.3) is 0 Å². The Morgan fingerprint density at radius 1 is 1.54 bits per heavy atom.